The molecule has 1 aromatic rings. The average molecular weight is 297 g/mol. The third kappa shape index (κ3) is 3.40. The van der Waals surface area contributed by atoms with Gasteiger partial charge in [0, 0.05) is 17.8 Å². The summed E-state index contributed by atoms with van der Waals surface area (Å²) < 4.78 is 0. The maximum absolute atomic E-state index is 12.3. The molecule has 0 radical (unpaired) electrons. The summed E-state index contributed by atoms with van der Waals surface area (Å²) in [7, 11) is 0. The van der Waals surface area contributed by atoms with Gasteiger partial charge in [-0.2, -0.15) is 0 Å². The van der Waals surface area contributed by atoms with Crippen LogP contribution in [0.2, 0.25) is 0 Å². The second kappa shape index (κ2) is 7.00. The van der Waals surface area contributed by atoms with Gasteiger partial charge in [0.2, 0.25) is 0 Å². The van der Waals surface area contributed by atoms with E-state index in [-0.39, 0.29) is 5.91 Å². The van der Waals surface area contributed by atoms with Gasteiger partial charge in [-0.25, -0.2) is 0 Å². The lowest BCUT2D eigenvalue weighted by Crippen LogP contribution is -2.49. The van der Waals surface area contributed by atoms with Crippen molar-refractivity contribution in [2.24, 2.45) is 0 Å². The minimum absolute atomic E-state index is 0.284. The molecule has 2 atom stereocenters. The number of rotatable bonds is 4. The molecule has 1 aliphatic rings. The van der Waals surface area contributed by atoms with Gasteiger partial charge in [-0.3, -0.25) is 9.59 Å². The highest BCUT2D eigenvalue weighted by atomic mass is 16.3. The molecule has 1 aromatic carbocycles. The molecule has 0 aromatic heterocycles. The zero-order chi connectivity index (χ0) is 16.1. The van der Waals surface area contributed by atoms with Crippen molar-refractivity contribution in [2.75, 3.05) is 0 Å². The summed E-state index contributed by atoms with van der Waals surface area (Å²) in [5.74, 6) is -0.693. The number of carbonyl (C=O) groups excluding carboxylic acids is 2. The Morgan fingerprint density at radius 3 is 2.68 bits per heavy atom. The maximum atomic E-state index is 12.3. The van der Waals surface area contributed by atoms with E-state index in [0.29, 0.717) is 12.0 Å². The Kier molecular flexibility index (Phi) is 5.07. The maximum Gasteiger partial charge on any atom is 0.253 e. The van der Waals surface area contributed by atoms with Crippen molar-refractivity contribution in [1.29, 1.82) is 0 Å². The minimum Gasteiger partial charge on any atom is -0.382 e. The fraction of sp³-hybridized carbons (Fsp3) is 0.222. The smallest absolute Gasteiger partial charge is 0.253 e. The summed E-state index contributed by atoms with van der Waals surface area (Å²) in [5, 5.41) is 10.1. The molecule has 4 nitrogen and oxygen atoms in total. The summed E-state index contributed by atoms with van der Waals surface area (Å²) >= 11 is 0. The Morgan fingerprint density at radius 2 is 2.05 bits per heavy atom. The Hall–Kier alpha value is -2.46. The molecular weight excluding hydrogens is 278 g/mol. The molecule has 1 amide bonds. The first-order valence-corrected chi connectivity index (χ1v) is 7.18. The minimum atomic E-state index is -1.27. The van der Waals surface area contributed by atoms with Crippen molar-refractivity contribution in [1.82, 2.24) is 4.90 Å². The Bertz CT molecular complexity index is 631. The van der Waals surface area contributed by atoms with Crippen molar-refractivity contribution >= 4 is 17.8 Å². The van der Waals surface area contributed by atoms with Crippen LogP contribution in [0.5, 0.6) is 0 Å². The van der Waals surface area contributed by atoms with Crippen LogP contribution in [-0.2, 0) is 9.59 Å². The number of nitrogens with zero attached hydrogens (tertiary/aromatic N) is 1. The van der Waals surface area contributed by atoms with Gasteiger partial charge >= 0.3 is 0 Å². The van der Waals surface area contributed by atoms with E-state index in [1.165, 1.54) is 17.2 Å². The van der Waals surface area contributed by atoms with Crippen LogP contribution in [0.15, 0.2) is 60.8 Å². The van der Waals surface area contributed by atoms with E-state index >= 15 is 0 Å². The third-order valence-corrected chi connectivity index (χ3v) is 3.58. The quantitative estimate of drug-likeness (QED) is 0.868. The molecule has 2 rings (SSSR count). The fourth-order valence-corrected chi connectivity index (χ4v) is 2.18. The summed E-state index contributed by atoms with van der Waals surface area (Å²) in [4.78, 5) is 25.4. The third-order valence-electron chi connectivity index (χ3n) is 3.58. The van der Waals surface area contributed by atoms with Crippen LogP contribution in [0.4, 0.5) is 0 Å². The Morgan fingerprint density at radius 1 is 1.36 bits per heavy atom. The molecule has 22 heavy (non-hydrogen) atoms. The lowest BCUT2D eigenvalue weighted by molar-refractivity contribution is -0.133. The molecule has 1 heterocycles. The molecule has 0 bridgehead atoms. The van der Waals surface area contributed by atoms with Crippen molar-refractivity contribution in [2.45, 2.75) is 25.5 Å². The highest BCUT2D eigenvalue weighted by Crippen LogP contribution is 2.19. The predicted molar refractivity (Wildman–Crippen MR) is 85.7 cm³/mol. The van der Waals surface area contributed by atoms with Crippen LogP contribution in [0, 0.1) is 0 Å². The highest BCUT2D eigenvalue weighted by molar-refractivity contribution is 6.00. The number of aliphatic hydroxyl groups excluding tert-OH is 1. The molecule has 4 heteroatoms. The number of amides is 1. The second-order valence-corrected chi connectivity index (χ2v) is 5.09. The van der Waals surface area contributed by atoms with Crippen molar-refractivity contribution in [3.63, 3.8) is 0 Å². The summed E-state index contributed by atoms with van der Waals surface area (Å²) in [6.45, 7) is 5.57. The number of ketones is 1. The van der Waals surface area contributed by atoms with Gasteiger partial charge in [0.25, 0.3) is 5.91 Å². The Labute approximate surface area is 130 Å². The second-order valence-electron chi connectivity index (χ2n) is 5.09. The van der Waals surface area contributed by atoms with Gasteiger partial charge in [-0.1, -0.05) is 56.0 Å². The summed E-state index contributed by atoms with van der Waals surface area (Å²) in [5.41, 5.74) is 1.36. The van der Waals surface area contributed by atoms with Gasteiger partial charge in [-0.05, 0) is 12.0 Å². The van der Waals surface area contributed by atoms with E-state index in [4.69, 9.17) is 0 Å². The topological polar surface area (TPSA) is 57.6 Å². The number of benzene rings is 1. The van der Waals surface area contributed by atoms with Gasteiger partial charge in [0.1, 0.15) is 6.10 Å². The molecule has 1 N–H and O–H groups in total. The first kappa shape index (κ1) is 15.9. The van der Waals surface area contributed by atoms with Crippen LogP contribution in [-0.4, -0.2) is 33.8 Å². The van der Waals surface area contributed by atoms with Crippen LogP contribution in [0.25, 0.3) is 6.08 Å². The molecular formula is C18H19NO3. The zero-order valence-electron chi connectivity index (χ0n) is 12.5. The van der Waals surface area contributed by atoms with E-state index in [2.05, 4.69) is 6.58 Å². The van der Waals surface area contributed by atoms with E-state index in [1.807, 2.05) is 37.3 Å². The number of carbonyl (C=O) groups is 2. The van der Waals surface area contributed by atoms with E-state index in [9.17, 15) is 14.7 Å². The first-order valence-electron chi connectivity index (χ1n) is 7.18. The summed E-state index contributed by atoms with van der Waals surface area (Å²) in [6.07, 6.45) is 5.34. The largest absolute Gasteiger partial charge is 0.382 e. The van der Waals surface area contributed by atoms with Crippen LogP contribution < -0.4 is 0 Å². The van der Waals surface area contributed by atoms with Crippen molar-refractivity contribution in [3.8, 4) is 0 Å². The van der Waals surface area contributed by atoms with Crippen LogP contribution >= 0.6 is 0 Å². The summed E-state index contributed by atoms with van der Waals surface area (Å²) in [6, 6.07) is 8.77. The van der Waals surface area contributed by atoms with E-state index < -0.39 is 17.9 Å². The van der Waals surface area contributed by atoms with Gasteiger partial charge in [0.15, 0.2) is 5.78 Å². The van der Waals surface area contributed by atoms with Crippen molar-refractivity contribution in [3.05, 3.63) is 66.4 Å². The average Bonchev–Trinajstić information content (AvgIpc) is 2.55. The number of aliphatic hydroxyl groups is 1. The van der Waals surface area contributed by atoms with Crippen LogP contribution in [0.1, 0.15) is 18.9 Å². The standard InChI is InChI=1S/C18H19NO3/c1-3-13(2)18(22)19-12-11-16(20)17(21)15(19)10-9-14-7-5-4-6-8-14/h4-12,15,17,21H,2-3H2,1H3/b10-9+/t15-,17+/m1/s1. The SMILES string of the molecule is C=C(CC)C(=O)N1C=CC(=O)[C@@H](O)[C@H]1/C=C/c1ccccc1. The van der Waals surface area contributed by atoms with E-state index in [0.717, 1.165) is 5.56 Å². The monoisotopic (exact) mass is 297 g/mol. The molecule has 0 saturated carbocycles. The number of hydrogen-bond donors (Lipinski definition) is 1. The van der Waals surface area contributed by atoms with E-state index in [1.54, 1.807) is 12.2 Å². The van der Waals surface area contributed by atoms with Crippen LogP contribution in [0.3, 0.4) is 0 Å². The molecule has 1 aliphatic heterocycles. The molecule has 114 valence electrons. The lowest BCUT2D eigenvalue weighted by Gasteiger charge is -2.32. The number of hydrogen-bond acceptors (Lipinski definition) is 3. The zero-order valence-corrected chi connectivity index (χ0v) is 12.5. The molecule has 0 aliphatic carbocycles. The fourth-order valence-electron chi connectivity index (χ4n) is 2.18. The van der Waals surface area contributed by atoms with Crippen molar-refractivity contribution < 1.29 is 14.7 Å². The lowest BCUT2D eigenvalue weighted by atomic mass is 9.99. The molecule has 0 unspecified atom stereocenters. The predicted octanol–water partition coefficient (Wildman–Crippen LogP) is 2.32. The van der Waals surface area contributed by atoms with Gasteiger partial charge < -0.3 is 10.0 Å². The van der Waals surface area contributed by atoms with Gasteiger partial charge in [-0.15, -0.1) is 0 Å². The molecule has 0 saturated heterocycles. The highest BCUT2D eigenvalue weighted by Gasteiger charge is 2.34. The molecule has 0 fully saturated rings. The normalized spacial score (nSPS) is 21.4. The first-order chi connectivity index (χ1) is 10.5. The molecule has 0 spiro atoms. The van der Waals surface area contributed by atoms with Gasteiger partial charge in [0.05, 0.1) is 6.04 Å². The Balaban J connectivity index is 2.29.